The van der Waals surface area contributed by atoms with Crippen molar-refractivity contribution in [3.05, 3.63) is 0 Å². The lowest BCUT2D eigenvalue weighted by molar-refractivity contribution is -0.138. The van der Waals surface area contributed by atoms with Gasteiger partial charge in [0.05, 0.1) is 11.7 Å². The molecule has 1 fully saturated rings. The van der Waals surface area contributed by atoms with Gasteiger partial charge in [0.25, 0.3) is 0 Å². The first-order chi connectivity index (χ1) is 4.90. The van der Waals surface area contributed by atoms with E-state index in [4.69, 9.17) is 5.11 Å². The monoisotopic (exact) mass is 178 g/mol. The maximum Gasteiger partial charge on any atom is 0.306 e. The highest BCUT2D eigenvalue weighted by Crippen LogP contribution is 2.39. The van der Waals surface area contributed by atoms with Crippen molar-refractivity contribution in [2.45, 2.75) is 6.42 Å². The first-order valence-corrected chi connectivity index (χ1v) is 5.37. The number of carboxylic acids is 1. The Bertz CT molecular complexity index is 266. The second kappa shape index (κ2) is 2.48. The number of sulfone groups is 1. The Morgan fingerprint density at radius 2 is 2.18 bits per heavy atom. The average Bonchev–Trinajstić information content (AvgIpc) is 2.40. The molecule has 0 spiro atoms. The summed E-state index contributed by atoms with van der Waals surface area (Å²) in [6.45, 7) is 0. The minimum absolute atomic E-state index is 0.0178. The van der Waals surface area contributed by atoms with Crippen LogP contribution in [-0.2, 0) is 14.6 Å². The smallest absolute Gasteiger partial charge is 0.306 e. The van der Waals surface area contributed by atoms with Gasteiger partial charge in [0.1, 0.15) is 9.84 Å². The fourth-order valence-electron chi connectivity index (χ4n) is 1.12. The third kappa shape index (κ3) is 2.49. The zero-order valence-corrected chi connectivity index (χ0v) is 6.97. The molecule has 0 saturated heterocycles. The molecule has 5 heteroatoms. The molecule has 0 heterocycles. The normalized spacial score (nSPS) is 29.9. The van der Waals surface area contributed by atoms with Crippen molar-refractivity contribution in [2.75, 3.05) is 12.0 Å². The molecule has 0 amide bonds. The second-order valence-corrected chi connectivity index (χ2v) is 5.22. The Hall–Kier alpha value is -0.580. The van der Waals surface area contributed by atoms with Gasteiger partial charge >= 0.3 is 5.97 Å². The molecule has 0 unspecified atom stereocenters. The molecule has 11 heavy (non-hydrogen) atoms. The van der Waals surface area contributed by atoms with Crippen LogP contribution in [0.15, 0.2) is 0 Å². The van der Waals surface area contributed by atoms with Crippen LogP contribution in [-0.4, -0.2) is 31.5 Å². The number of carbonyl (C=O) groups is 1. The van der Waals surface area contributed by atoms with Gasteiger partial charge in [0.15, 0.2) is 0 Å². The first kappa shape index (κ1) is 8.52. The van der Waals surface area contributed by atoms with Crippen molar-refractivity contribution in [2.24, 2.45) is 11.8 Å². The van der Waals surface area contributed by atoms with Crippen LogP contribution < -0.4 is 0 Å². The topological polar surface area (TPSA) is 71.4 Å². The fraction of sp³-hybridized carbons (Fsp3) is 0.833. The number of rotatable bonds is 3. The van der Waals surface area contributed by atoms with Crippen LogP contribution in [0.2, 0.25) is 0 Å². The molecule has 0 radical (unpaired) electrons. The molecule has 0 aromatic rings. The minimum atomic E-state index is -2.99. The highest BCUT2D eigenvalue weighted by molar-refractivity contribution is 7.90. The molecule has 64 valence electrons. The lowest BCUT2D eigenvalue weighted by Crippen LogP contribution is -2.09. The van der Waals surface area contributed by atoms with Crippen LogP contribution in [0.25, 0.3) is 0 Å². The van der Waals surface area contributed by atoms with Crippen LogP contribution >= 0.6 is 0 Å². The maximum absolute atomic E-state index is 10.7. The van der Waals surface area contributed by atoms with Crippen LogP contribution in [0.4, 0.5) is 0 Å². The summed E-state index contributed by atoms with van der Waals surface area (Å²) in [6, 6.07) is 0. The Labute approximate surface area is 65.1 Å². The van der Waals surface area contributed by atoms with Crippen molar-refractivity contribution in [1.29, 1.82) is 0 Å². The van der Waals surface area contributed by atoms with Crippen LogP contribution in [0.1, 0.15) is 6.42 Å². The largest absolute Gasteiger partial charge is 0.481 e. The van der Waals surface area contributed by atoms with Crippen molar-refractivity contribution < 1.29 is 18.3 Å². The van der Waals surface area contributed by atoms with E-state index in [0.717, 1.165) is 6.26 Å². The van der Waals surface area contributed by atoms with Crippen molar-refractivity contribution in [1.82, 2.24) is 0 Å². The predicted molar refractivity (Wildman–Crippen MR) is 38.9 cm³/mol. The van der Waals surface area contributed by atoms with Crippen LogP contribution in [0.3, 0.4) is 0 Å². The Morgan fingerprint density at radius 3 is 2.45 bits per heavy atom. The fourth-order valence-corrected chi connectivity index (χ4v) is 2.27. The van der Waals surface area contributed by atoms with Gasteiger partial charge in [-0.3, -0.25) is 4.79 Å². The van der Waals surface area contributed by atoms with Gasteiger partial charge in [-0.25, -0.2) is 8.42 Å². The molecule has 0 aliphatic heterocycles. The van der Waals surface area contributed by atoms with Crippen LogP contribution in [0.5, 0.6) is 0 Å². The summed E-state index contributed by atoms with van der Waals surface area (Å²) in [5, 5.41) is 8.43. The molecule has 1 N–H and O–H groups in total. The lowest BCUT2D eigenvalue weighted by atomic mass is 10.3. The van der Waals surface area contributed by atoms with Gasteiger partial charge in [-0.2, -0.15) is 0 Å². The summed E-state index contributed by atoms with van der Waals surface area (Å²) in [6.07, 6.45) is 1.65. The van der Waals surface area contributed by atoms with E-state index in [2.05, 4.69) is 0 Å². The molecule has 4 nitrogen and oxygen atoms in total. The SMILES string of the molecule is CS(=O)(=O)C[C@@H]1C[C@H]1C(=O)O. The second-order valence-electron chi connectivity index (χ2n) is 3.03. The summed E-state index contributed by atoms with van der Waals surface area (Å²) >= 11 is 0. The first-order valence-electron chi connectivity index (χ1n) is 3.30. The number of aliphatic carboxylic acids is 1. The van der Waals surface area contributed by atoms with Gasteiger partial charge in [-0.05, 0) is 12.3 Å². The Balaban J connectivity index is 2.41. The summed E-state index contributed by atoms with van der Waals surface area (Å²) in [4.78, 5) is 10.3. The minimum Gasteiger partial charge on any atom is -0.481 e. The molecular formula is C6H10O4S. The quantitative estimate of drug-likeness (QED) is 0.647. The Morgan fingerprint density at radius 1 is 1.64 bits per heavy atom. The zero-order valence-electron chi connectivity index (χ0n) is 6.15. The van der Waals surface area contributed by atoms with Gasteiger partial charge in [0.2, 0.25) is 0 Å². The van der Waals surface area contributed by atoms with Crippen LogP contribution in [0, 0.1) is 11.8 Å². The van der Waals surface area contributed by atoms with E-state index in [1.807, 2.05) is 0 Å². The lowest BCUT2D eigenvalue weighted by Gasteiger charge is -1.93. The zero-order chi connectivity index (χ0) is 8.65. The Kier molecular flexibility index (Phi) is 1.92. The van der Waals surface area contributed by atoms with Gasteiger partial charge in [-0.1, -0.05) is 0 Å². The molecule has 1 aliphatic carbocycles. The molecule has 0 bridgehead atoms. The van der Waals surface area contributed by atoms with E-state index in [1.54, 1.807) is 0 Å². The van der Waals surface area contributed by atoms with Gasteiger partial charge in [-0.15, -0.1) is 0 Å². The van der Waals surface area contributed by atoms with E-state index in [0.29, 0.717) is 6.42 Å². The molecule has 2 atom stereocenters. The van der Waals surface area contributed by atoms with E-state index < -0.39 is 21.7 Å². The average molecular weight is 178 g/mol. The number of hydrogen-bond donors (Lipinski definition) is 1. The summed E-state index contributed by atoms with van der Waals surface area (Å²) in [5.74, 6) is -1.41. The molecule has 1 aliphatic rings. The van der Waals surface area contributed by atoms with Gasteiger partial charge in [0, 0.05) is 6.26 Å². The van der Waals surface area contributed by atoms with E-state index in [9.17, 15) is 13.2 Å². The van der Waals surface area contributed by atoms with Crippen molar-refractivity contribution >= 4 is 15.8 Å². The summed E-state index contributed by atoms with van der Waals surface area (Å²) in [5.41, 5.74) is 0. The molecule has 1 rings (SSSR count). The number of carboxylic acid groups (broad SMARTS) is 1. The number of hydrogen-bond acceptors (Lipinski definition) is 3. The highest BCUT2D eigenvalue weighted by atomic mass is 32.2. The third-order valence-corrected chi connectivity index (χ3v) is 2.79. The van der Waals surface area contributed by atoms with E-state index >= 15 is 0 Å². The molecule has 0 aromatic heterocycles. The van der Waals surface area contributed by atoms with Gasteiger partial charge < -0.3 is 5.11 Å². The standard InChI is InChI=1S/C6H10O4S/c1-11(9,10)3-4-2-5(4)6(7)8/h4-5H,2-3H2,1H3,(H,7,8)/t4-,5+/m0/s1. The highest BCUT2D eigenvalue weighted by Gasteiger charge is 2.44. The van der Waals surface area contributed by atoms with E-state index in [1.165, 1.54) is 0 Å². The predicted octanol–water partition coefficient (Wildman–Crippen LogP) is -0.248. The van der Waals surface area contributed by atoms with E-state index in [-0.39, 0.29) is 11.7 Å². The molecule has 0 aromatic carbocycles. The van der Waals surface area contributed by atoms with Crippen molar-refractivity contribution in [3.8, 4) is 0 Å². The molecular weight excluding hydrogens is 168 g/mol. The molecule has 1 saturated carbocycles. The van der Waals surface area contributed by atoms with Crippen molar-refractivity contribution in [3.63, 3.8) is 0 Å². The summed E-state index contributed by atoms with van der Waals surface area (Å²) in [7, 11) is -2.99. The third-order valence-electron chi connectivity index (χ3n) is 1.76. The maximum atomic E-state index is 10.7. The summed E-state index contributed by atoms with van der Waals surface area (Å²) < 4.78 is 21.3.